The van der Waals surface area contributed by atoms with Crippen molar-refractivity contribution >= 4 is 27.3 Å². The minimum absolute atomic E-state index is 0.203. The Hall–Kier alpha value is -3.39. The molecule has 1 unspecified atom stereocenters. The number of nitrogens with one attached hydrogen (secondary N) is 1. The zero-order valence-electron chi connectivity index (χ0n) is 16.6. The molecule has 154 valence electrons. The Morgan fingerprint density at radius 1 is 1.13 bits per heavy atom. The molecule has 0 saturated carbocycles. The van der Waals surface area contributed by atoms with E-state index in [2.05, 4.69) is 9.82 Å². The summed E-state index contributed by atoms with van der Waals surface area (Å²) in [5.41, 5.74) is 3.56. The van der Waals surface area contributed by atoms with Crippen LogP contribution in [0.4, 0.5) is 5.69 Å². The number of nitrogens with zero attached hydrogens (tertiary/aromatic N) is 2. The minimum atomic E-state index is -3.35. The van der Waals surface area contributed by atoms with Gasteiger partial charge in [0.25, 0.3) is 5.91 Å². The van der Waals surface area contributed by atoms with Crippen molar-refractivity contribution in [2.75, 3.05) is 11.0 Å². The molecule has 0 bridgehead atoms. The number of hydrazone groups is 1. The maximum atomic E-state index is 13.2. The van der Waals surface area contributed by atoms with Crippen molar-refractivity contribution in [3.05, 3.63) is 89.4 Å². The predicted octanol–water partition coefficient (Wildman–Crippen LogP) is 3.95. The van der Waals surface area contributed by atoms with E-state index in [1.165, 1.54) is 5.01 Å². The van der Waals surface area contributed by atoms with Crippen molar-refractivity contribution in [1.29, 1.82) is 0 Å². The van der Waals surface area contributed by atoms with Gasteiger partial charge in [-0.05, 0) is 48.9 Å². The number of amides is 1. The Bertz CT molecular complexity index is 1200. The Labute approximate surface area is 175 Å². The highest BCUT2D eigenvalue weighted by atomic mass is 32.2. The summed E-state index contributed by atoms with van der Waals surface area (Å²) in [6.45, 7) is 1.94. The van der Waals surface area contributed by atoms with E-state index < -0.39 is 10.0 Å². The molecule has 0 aliphatic carbocycles. The summed E-state index contributed by atoms with van der Waals surface area (Å²) in [4.78, 5) is 13.2. The zero-order valence-corrected chi connectivity index (χ0v) is 17.4. The number of benzene rings is 2. The molecule has 1 amide bonds. The van der Waals surface area contributed by atoms with Crippen LogP contribution in [0.1, 0.15) is 39.7 Å². The fourth-order valence-electron chi connectivity index (χ4n) is 3.43. The monoisotopic (exact) mass is 423 g/mol. The quantitative estimate of drug-likeness (QED) is 0.673. The van der Waals surface area contributed by atoms with Crippen LogP contribution in [-0.2, 0) is 10.0 Å². The number of carbonyl (C=O) groups is 1. The molecule has 2 aromatic carbocycles. The standard InChI is InChI=1S/C22H21N3O4S/c1-15-5-3-6-17(13-15)22(26)25-20(21-7-4-12-29-21)14-19(23-25)16-8-10-18(11-9-16)24-30(2,27)28/h3-13,20,24H,14H2,1-2H3. The van der Waals surface area contributed by atoms with Crippen LogP contribution in [0, 0.1) is 6.92 Å². The van der Waals surface area contributed by atoms with E-state index in [4.69, 9.17) is 4.42 Å². The Balaban J connectivity index is 1.66. The first-order valence-electron chi connectivity index (χ1n) is 9.39. The molecule has 4 rings (SSSR count). The van der Waals surface area contributed by atoms with Crippen LogP contribution in [0.15, 0.2) is 76.4 Å². The van der Waals surface area contributed by atoms with Gasteiger partial charge in [-0.2, -0.15) is 5.10 Å². The molecule has 1 aliphatic rings. The van der Waals surface area contributed by atoms with Crippen LogP contribution < -0.4 is 4.72 Å². The van der Waals surface area contributed by atoms with Gasteiger partial charge in [-0.15, -0.1) is 0 Å². The lowest BCUT2D eigenvalue weighted by atomic mass is 10.0. The van der Waals surface area contributed by atoms with Crippen molar-refractivity contribution < 1.29 is 17.6 Å². The third kappa shape index (κ3) is 4.28. The highest BCUT2D eigenvalue weighted by Crippen LogP contribution is 2.34. The fourth-order valence-corrected chi connectivity index (χ4v) is 3.99. The SMILES string of the molecule is Cc1cccc(C(=O)N2N=C(c3ccc(NS(C)(=O)=O)cc3)CC2c2ccco2)c1. The average molecular weight is 423 g/mol. The first-order chi connectivity index (χ1) is 14.3. The minimum Gasteiger partial charge on any atom is -0.467 e. The van der Waals surface area contributed by atoms with E-state index >= 15 is 0 Å². The van der Waals surface area contributed by atoms with Gasteiger partial charge >= 0.3 is 0 Å². The zero-order chi connectivity index (χ0) is 21.3. The summed E-state index contributed by atoms with van der Waals surface area (Å²) in [7, 11) is -3.35. The molecule has 7 nitrogen and oxygen atoms in total. The van der Waals surface area contributed by atoms with E-state index in [1.54, 1.807) is 42.7 Å². The number of sulfonamides is 1. The fraction of sp³-hybridized carbons (Fsp3) is 0.182. The maximum Gasteiger partial charge on any atom is 0.274 e. The largest absolute Gasteiger partial charge is 0.467 e. The van der Waals surface area contributed by atoms with Crippen molar-refractivity contribution in [3.63, 3.8) is 0 Å². The number of anilines is 1. The van der Waals surface area contributed by atoms with Crippen LogP contribution in [0.5, 0.6) is 0 Å². The van der Waals surface area contributed by atoms with Gasteiger partial charge in [-0.25, -0.2) is 13.4 Å². The molecule has 1 atom stereocenters. The number of rotatable bonds is 5. The predicted molar refractivity (Wildman–Crippen MR) is 115 cm³/mol. The topological polar surface area (TPSA) is 92.0 Å². The average Bonchev–Trinajstić information content (AvgIpc) is 3.36. The van der Waals surface area contributed by atoms with E-state index in [0.29, 0.717) is 23.4 Å². The molecule has 8 heteroatoms. The van der Waals surface area contributed by atoms with Gasteiger partial charge in [0.05, 0.1) is 18.2 Å². The van der Waals surface area contributed by atoms with Crippen LogP contribution in [0.3, 0.4) is 0 Å². The van der Waals surface area contributed by atoms with Crippen LogP contribution >= 0.6 is 0 Å². The second kappa shape index (κ2) is 7.79. The van der Waals surface area contributed by atoms with Crippen molar-refractivity contribution in [2.45, 2.75) is 19.4 Å². The molecule has 0 saturated heterocycles. The lowest BCUT2D eigenvalue weighted by molar-refractivity contribution is 0.0692. The molecular formula is C22H21N3O4S. The van der Waals surface area contributed by atoms with Crippen LogP contribution in [0.2, 0.25) is 0 Å². The molecular weight excluding hydrogens is 402 g/mol. The second-order valence-corrected chi connectivity index (χ2v) is 9.00. The van der Waals surface area contributed by atoms with Crippen LogP contribution in [0.25, 0.3) is 0 Å². The highest BCUT2D eigenvalue weighted by molar-refractivity contribution is 7.92. The second-order valence-electron chi connectivity index (χ2n) is 7.25. The molecule has 1 N–H and O–H groups in total. The number of hydrogen-bond acceptors (Lipinski definition) is 5. The number of hydrogen-bond donors (Lipinski definition) is 1. The van der Waals surface area contributed by atoms with Gasteiger partial charge in [-0.3, -0.25) is 9.52 Å². The number of furan rings is 1. The summed E-state index contributed by atoms with van der Waals surface area (Å²) < 4.78 is 30.8. The molecule has 0 fully saturated rings. The summed E-state index contributed by atoms with van der Waals surface area (Å²) in [5, 5.41) is 6.07. The third-order valence-corrected chi connectivity index (χ3v) is 5.38. The van der Waals surface area contributed by atoms with Crippen molar-refractivity contribution in [2.24, 2.45) is 5.10 Å². The van der Waals surface area contributed by atoms with Crippen molar-refractivity contribution in [1.82, 2.24) is 5.01 Å². The summed E-state index contributed by atoms with van der Waals surface area (Å²) in [5.74, 6) is 0.454. The molecule has 3 aromatic rings. The van der Waals surface area contributed by atoms with Gasteiger partial charge in [0.1, 0.15) is 11.8 Å². The number of aryl methyl sites for hydroxylation is 1. The van der Waals surface area contributed by atoms with Gasteiger partial charge in [-0.1, -0.05) is 29.8 Å². The smallest absolute Gasteiger partial charge is 0.274 e. The van der Waals surface area contributed by atoms with Crippen molar-refractivity contribution in [3.8, 4) is 0 Å². The lowest BCUT2D eigenvalue weighted by Gasteiger charge is -2.20. The Kier molecular flexibility index (Phi) is 5.17. The molecule has 2 heterocycles. The van der Waals surface area contributed by atoms with Gasteiger partial charge < -0.3 is 4.42 Å². The van der Waals surface area contributed by atoms with Gasteiger partial charge in [0.2, 0.25) is 10.0 Å². The third-order valence-electron chi connectivity index (χ3n) is 4.78. The van der Waals surface area contributed by atoms with E-state index in [9.17, 15) is 13.2 Å². The van der Waals surface area contributed by atoms with Gasteiger partial charge in [0, 0.05) is 17.7 Å². The first-order valence-corrected chi connectivity index (χ1v) is 11.3. The van der Waals surface area contributed by atoms with E-state index in [-0.39, 0.29) is 11.9 Å². The van der Waals surface area contributed by atoms with E-state index in [1.807, 2.05) is 31.2 Å². The summed E-state index contributed by atoms with van der Waals surface area (Å²) in [6, 6.07) is 17.6. The summed E-state index contributed by atoms with van der Waals surface area (Å²) in [6.07, 6.45) is 3.17. The highest BCUT2D eigenvalue weighted by Gasteiger charge is 2.35. The molecule has 0 spiro atoms. The lowest BCUT2D eigenvalue weighted by Crippen LogP contribution is -2.26. The Morgan fingerprint density at radius 2 is 1.90 bits per heavy atom. The van der Waals surface area contributed by atoms with Crippen LogP contribution in [-0.4, -0.2) is 31.3 Å². The van der Waals surface area contributed by atoms with E-state index in [0.717, 1.165) is 23.1 Å². The molecule has 1 aliphatic heterocycles. The summed E-state index contributed by atoms with van der Waals surface area (Å²) >= 11 is 0. The maximum absolute atomic E-state index is 13.2. The van der Waals surface area contributed by atoms with Gasteiger partial charge in [0.15, 0.2) is 0 Å². The normalized spacial score (nSPS) is 16.4. The molecule has 1 aromatic heterocycles. The first kappa shape index (κ1) is 19.9. The Morgan fingerprint density at radius 3 is 2.53 bits per heavy atom. The number of carbonyl (C=O) groups excluding carboxylic acids is 1. The molecule has 30 heavy (non-hydrogen) atoms. The molecule has 0 radical (unpaired) electrons.